The maximum absolute atomic E-state index is 6.35. The van der Waals surface area contributed by atoms with Crippen LogP contribution in [0, 0.1) is 20.8 Å². The maximum atomic E-state index is 6.35. The van der Waals surface area contributed by atoms with Gasteiger partial charge in [-0.05, 0) is 56.2 Å². The third-order valence-electron chi connectivity index (χ3n) is 3.85. The van der Waals surface area contributed by atoms with Crippen LogP contribution in [0.4, 0.5) is 5.82 Å². The summed E-state index contributed by atoms with van der Waals surface area (Å²) in [6.07, 6.45) is 0. The summed E-state index contributed by atoms with van der Waals surface area (Å²) >= 11 is 0. The van der Waals surface area contributed by atoms with Gasteiger partial charge in [0.15, 0.2) is 0 Å². The number of rotatable bonds is 2. The summed E-state index contributed by atoms with van der Waals surface area (Å²) in [5.74, 6) is 1.53. The number of aryl methyl sites for hydroxylation is 3. The van der Waals surface area contributed by atoms with Gasteiger partial charge in [0, 0.05) is 11.3 Å². The average molecular weight is 281 g/mol. The second-order valence-corrected chi connectivity index (χ2v) is 5.34. The van der Waals surface area contributed by atoms with Crippen molar-refractivity contribution in [2.75, 3.05) is 12.8 Å². The lowest BCUT2D eigenvalue weighted by Crippen LogP contribution is -1.99. The van der Waals surface area contributed by atoms with Crippen LogP contribution in [0.5, 0.6) is 5.75 Å². The van der Waals surface area contributed by atoms with Gasteiger partial charge in [-0.15, -0.1) is 0 Å². The number of imidazole rings is 1. The summed E-state index contributed by atoms with van der Waals surface area (Å²) in [7, 11) is 1.68. The van der Waals surface area contributed by atoms with E-state index in [0.717, 1.165) is 39.5 Å². The molecule has 2 heterocycles. The lowest BCUT2D eigenvalue weighted by molar-refractivity contribution is 0.414. The molecule has 0 atom stereocenters. The summed E-state index contributed by atoms with van der Waals surface area (Å²) in [4.78, 5) is 4.72. The highest BCUT2D eigenvalue weighted by Crippen LogP contribution is 2.34. The first kappa shape index (κ1) is 13.5. The van der Waals surface area contributed by atoms with Crippen LogP contribution in [-0.2, 0) is 0 Å². The normalized spacial score (nSPS) is 11.0. The number of nitrogen functional groups attached to an aromatic ring is 1. The minimum Gasteiger partial charge on any atom is -0.497 e. The molecule has 21 heavy (non-hydrogen) atoms. The molecule has 0 saturated carbocycles. The zero-order valence-corrected chi connectivity index (χ0v) is 12.8. The fourth-order valence-corrected chi connectivity index (χ4v) is 2.88. The van der Waals surface area contributed by atoms with Crippen LogP contribution in [0.3, 0.4) is 0 Å². The Hall–Kier alpha value is -2.49. The molecule has 0 aliphatic carbocycles. The molecule has 2 aromatic heterocycles. The molecule has 0 saturated heterocycles. The Bertz CT molecular complexity index is 810. The van der Waals surface area contributed by atoms with Crippen molar-refractivity contribution in [3.8, 4) is 17.0 Å². The number of nitrogens with zero attached hydrogens (tertiary/aromatic N) is 2. The van der Waals surface area contributed by atoms with Crippen LogP contribution in [0.1, 0.15) is 16.8 Å². The Morgan fingerprint density at radius 2 is 1.76 bits per heavy atom. The molecule has 0 aliphatic heterocycles. The highest BCUT2D eigenvalue weighted by Gasteiger charge is 2.17. The Kier molecular flexibility index (Phi) is 3.09. The number of anilines is 1. The molecule has 0 fully saturated rings. The van der Waals surface area contributed by atoms with Crippen molar-refractivity contribution in [1.29, 1.82) is 0 Å². The molecule has 0 bridgehead atoms. The second-order valence-electron chi connectivity index (χ2n) is 5.34. The van der Waals surface area contributed by atoms with Crippen LogP contribution >= 0.6 is 0 Å². The minimum absolute atomic E-state index is 0.680. The van der Waals surface area contributed by atoms with Crippen LogP contribution in [0.25, 0.3) is 16.9 Å². The van der Waals surface area contributed by atoms with Gasteiger partial charge in [0.25, 0.3) is 0 Å². The van der Waals surface area contributed by atoms with Gasteiger partial charge in [-0.1, -0.05) is 6.07 Å². The Morgan fingerprint density at radius 3 is 2.33 bits per heavy atom. The summed E-state index contributed by atoms with van der Waals surface area (Å²) in [5.41, 5.74) is 12.4. The summed E-state index contributed by atoms with van der Waals surface area (Å²) < 4.78 is 7.30. The van der Waals surface area contributed by atoms with Gasteiger partial charge < -0.3 is 10.5 Å². The van der Waals surface area contributed by atoms with Gasteiger partial charge in [-0.2, -0.15) is 0 Å². The number of benzene rings is 1. The van der Waals surface area contributed by atoms with Crippen molar-refractivity contribution in [3.63, 3.8) is 0 Å². The molecule has 4 heteroatoms. The lowest BCUT2D eigenvalue weighted by atomic mass is 9.99. The molecular formula is C17H19N3O. The molecule has 3 rings (SSSR count). The molecule has 3 aromatic rings. The van der Waals surface area contributed by atoms with Crippen LogP contribution in [0.15, 0.2) is 30.3 Å². The van der Waals surface area contributed by atoms with Crippen molar-refractivity contribution < 1.29 is 4.74 Å². The lowest BCUT2D eigenvalue weighted by Gasteiger charge is -2.11. The maximum Gasteiger partial charge on any atom is 0.139 e. The number of pyridine rings is 1. The Labute approximate surface area is 124 Å². The highest BCUT2D eigenvalue weighted by atomic mass is 16.5. The average Bonchev–Trinajstić information content (AvgIpc) is 2.76. The van der Waals surface area contributed by atoms with Crippen molar-refractivity contribution >= 4 is 11.5 Å². The monoisotopic (exact) mass is 281 g/mol. The van der Waals surface area contributed by atoms with E-state index in [1.807, 2.05) is 41.7 Å². The molecule has 0 spiro atoms. The zero-order chi connectivity index (χ0) is 15.1. The highest BCUT2D eigenvalue weighted by molar-refractivity contribution is 5.80. The molecule has 1 aromatic carbocycles. The van der Waals surface area contributed by atoms with Crippen molar-refractivity contribution in [2.24, 2.45) is 0 Å². The van der Waals surface area contributed by atoms with Gasteiger partial charge in [0.05, 0.1) is 7.11 Å². The van der Waals surface area contributed by atoms with E-state index in [1.54, 1.807) is 7.11 Å². The number of nitrogens with two attached hydrogens (primary N) is 1. The fourth-order valence-electron chi connectivity index (χ4n) is 2.88. The van der Waals surface area contributed by atoms with E-state index < -0.39 is 0 Å². The smallest absolute Gasteiger partial charge is 0.139 e. The van der Waals surface area contributed by atoms with E-state index in [2.05, 4.69) is 13.8 Å². The van der Waals surface area contributed by atoms with Gasteiger partial charge in [-0.3, -0.25) is 4.40 Å². The standard InChI is InChI=1S/C17H19N3O/c1-10-8-13(21-4)9-11(2)15(10)16-17(18)20-12(3)6-5-7-14(20)19-16/h5-9H,18H2,1-4H3. The molecule has 2 N–H and O–H groups in total. The molecule has 0 unspecified atom stereocenters. The third-order valence-corrected chi connectivity index (χ3v) is 3.85. The van der Waals surface area contributed by atoms with E-state index in [1.165, 1.54) is 0 Å². The van der Waals surface area contributed by atoms with Crippen molar-refractivity contribution in [2.45, 2.75) is 20.8 Å². The van der Waals surface area contributed by atoms with Crippen LogP contribution in [-0.4, -0.2) is 16.5 Å². The summed E-state index contributed by atoms with van der Waals surface area (Å²) in [6.45, 7) is 6.14. The molecule has 4 nitrogen and oxygen atoms in total. The molecular weight excluding hydrogens is 262 g/mol. The zero-order valence-electron chi connectivity index (χ0n) is 12.8. The Balaban J connectivity index is 2.31. The molecule has 0 radical (unpaired) electrons. The predicted octanol–water partition coefficient (Wildman–Crippen LogP) is 3.52. The van der Waals surface area contributed by atoms with Crippen molar-refractivity contribution in [3.05, 3.63) is 47.2 Å². The van der Waals surface area contributed by atoms with E-state index in [0.29, 0.717) is 5.82 Å². The summed E-state index contributed by atoms with van der Waals surface area (Å²) in [6, 6.07) is 10.0. The number of ether oxygens (including phenoxy) is 1. The number of aromatic nitrogens is 2. The second kappa shape index (κ2) is 4.81. The minimum atomic E-state index is 0.680. The number of hydrogen-bond donors (Lipinski definition) is 1. The fraction of sp³-hybridized carbons (Fsp3) is 0.235. The van der Waals surface area contributed by atoms with E-state index in [4.69, 9.17) is 15.5 Å². The largest absolute Gasteiger partial charge is 0.497 e. The molecule has 108 valence electrons. The van der Waals surface area contributed by atoms with Crippen LogP contribution in [0.2, 0.25) is 0 Å². The first-order chi connectivity index (χ1) is 10.0. The number of methoxy groups -OCH3 is 1. The van der Waals surface area contributed by atoms with E-state index >= 15 is 0 Å². The molecule has 0 amide bonds. The first-order valence-corrected chi connectivity index (χ1v) is 6.92. The quantitative estimate of drug-likeness (QED) is 0.782. The SMILES string of the molecule is COc1cc(C)c(-c2nc3cccc(C)n3c2N)c(C)c1. The first-order valence-electron chi connectivity index (χ1n) is 6.92. The Morgan fingerprint density at radius 1 is 1.10 bits per heavy atom. The number of fused-ring (bicyclic) bond motifs is 1. The van der Waals surface area contributed by atoms with Gasteiger partial charge in [-0.25, -0.2) is 4.98 Å². The van der Waals surface area contributed by atoms with Gasteiger partial charge in [0.1, 0.15) is 22.9 Å². The van der Waals surface area contributed by atoms with Crippen LogP contribution < -0.4 is 10.5 Å². The van der Waals surface area contributed by atoms with Gasteiger partial charge in [0.2, 0.25) is 0 Å². The third kappa shape index (κ3) is 2.03. The van der Waals surface area contributed by atoms with E-state index in [-0.39, 0.29) is 0 Å². The topological polar surface area (TPSA) is 52.5 Å². The molecule has 0 aliphatic rings. The van der Waals surface area contributed by atoms with E-state index in [9.17, 15) is 0 Å². The summed E-state index contributed by atoms with van der Waals surface area (Å²) in [5, 5.41) is 0. The van der Waals surface area contributed by atoms with Gasteiger partial charge >= 0.3 is 0 Å². The number of hydrogen-bond acceptors (Lipinski definition) is 3. The predicted molar refractivity (Wildman–Crippen MR) is 85.8 cm³/mol. The van der Waals surface area contributed by atoms with Crippen molar-refractivity contribution in [1.82, 2.24) is 9.38 Å².